The lowest BCUT2D eigenvalue weighted by molar-refractivity contribution is -0.133. The van der Waals surface area contributed by atoms with E-state index in [1.165, 1.54) is 10.6 Å². The van der Waals surface area contributed by atoms with Crippen molar-refractivity contribution in [3.63, 3.8) is 0 Å². The van der Waals surface area contributed by atoms with Gasteiger partial charge in [0.25, 0.3) is 0 Å². The fourth-order valence-corrected chi connectivity index (χ4v) is 4.55. The Balaban J connectivity index is 1.43. The van der Waals surface area contributed by atoms with Crippen LogP contribution in [0.25, 0.3) is 0 Å². The van der Waals surface area contributed by atoms with Gasteiger partial charge in [-0.05, 0) is 28.8 Å². The standard InChI is InChI=1S/C19H27N3OS2/c1-19(2,3)18-20-16(14-25-18)12-21-7-9-22(10-8-21)17(23)5-4-15-6-11-24-13-15/h6,11,13-14H,4-5,7-10,12H2,1-3H3. The molecule has 1 aliphatic rings. The lowest BCUT2D eigenvalue weighted by atomic mass is 9.98. The van der Waals surface area contributed by atoms with E-state index in [2.05, 4.69) is 47.9 Å². The van der Waals surface area contributed by atoms with Crippen LogP contribution in [0.3, 0.4) is 0 Å². The van der Waals surface area contributed by atoms with E-state index in [9.17, 15) is 4.79 Å². The number of nitrogens with zero attached hydrogens (tertiary/aromatic N) is 3. The average Bonchev–Trinajstić information content (AvgIpc) is 3.24. The van der Waals surface area contributed by atoms with E-state index in [0.717, 1.165) is 44.8 Å². The van der Waals surface area contributed by atoms with Crippen LogP contribution in [-0.2, 0) is 23.2 Å². The van der Waals surface area contributed by atoms with E-state index in [1.54, 1.807) is 22.7 Å². The number of hydrogen-bond donors (Lipinski definition) is 0. The molecule has 0 aromatic carbocycles. The molecule has 0 saturated carbocycles. The molecule has 6 heteroatoms. The SMILES string of the molecule is CC(C)(C)c1nc(CN2CCN(C(=O)CCc3ccsc3)CC2)cs1. The van der Waals surface area contributed by atoms with E-state index in [-0.39, 0.29) is 11.3 Å². The normalized spacial score (nSPS) is 16.4. The Morgan fingerprint density at radius 2 is 1.96 bits per heavy atom. The maximum absolute atomic E-state index is 12.4. The molecule has 0 atom stereocenters. The highest BCUT2D eigenvalue weighted by atomic mass is 32.1. The maximum Gasteiger partial charge on any atom is 0.222 e. The van der Waals surface area contributed by atoms with E-state index in [4.69, 9.17) is 4.98 Å². The molecule has 1 fully saturated rings. The number of thiophene rings is 1. The number of thiazole rings is 1. The van der Waals surface area contributed by atoms with Crippen molar-refractivity contribution in [2.75, 3.05) is 26.2 Å². The third-order valence-electron chi connectivity index (χ3n) is 4.51. The minimum absolute atomic E-state index is 0.122. The van der Waals surface area contributed by atoms with E-state index in [1.807, 2.05) is 4.90 Å². The van der Waals surface area contributed by atoms with Gasteiger partial charge in [-0.25, -0.2) is 4.98 Å². The highest BCUT2D eigenvalue weighted by molar-refractivity contribution is 7.09. The number of piperazine rings is 1. The third-order valence-corrected chi connectivity index (χ3v) is 6.56. The third kappa shape index (κ3) is 5.12. The molecular formula is C19H27N3OS2. The van der Waals surface area contributed by atoms with Gasteiger partial charge in [-0.3, -0.25) is 9.69 Å². The van der Waals surface area contributed by atoms with Gasteiger partial charge in [0.2, 0.25) is 5.91 Å². The monoisotopic (exact) mass is 377 g/mol. The number of carbonyl (C=O) groups is 1. The van der Waals surface area contributed by atoms with Gasteiger partial charge in [0.15, 0.2) is 0 Å². The number of rotatable bonds is 5. The number of aromatic nitrogens is 1. The first-order chi connectivity index (χ1) is 11.9. The zero-order valence-electron chi connectivity index (χ0n) is 15.3. The first-order valence-corrected chi connectivity index (χ1v) is 10.7. The van der Waals surface area contributed by atoms with Crippen LogP contribution in [0.1, 0.15) is 43.5 Å². The molecule has 136 valence electrons. The van der Waals surface area contributed by atoms with Gasteiger partial charge in [0.05, 0.1) is 10.7 Å². The predicted octanol–water partition coefficient (Wildman–Crippen LogP) is 3.78. The van der Waals surface area contributed by atoms with Crippen LogP contribution in [0.15, 0.2) is 22.2 Å². The largest absolute Gasteiger partial charge is 0.340 e. The number of hydrogen-bond acceptors (Lipinski definition) is 5. The molecule has 2 aromatic rings. The second kappa shape index (κ2) is 7.98. The molecule has 1 saturated heterocycles. The molecule has 0 bridgehead atoms. The summed E-state index contributed by atoms with van der Waals surface area (Å²) in [5, 5.41) is 7.58. The summed E-state index contributed by atoms with van der Waals surface area (Å²) >= 11 is 3.45. The van der Waals surface area contributed by atoms with Crippen LogP contribution >= 0.6 is 22.7 Å². The van der Waals surface area contributed by atoms with Gasteiger partial charge in [0, 0.05) is 49.9 Å². The summed E-state index contributed by atoms with van der Waals surface area (Å²) in [5.74, 6) is 0.287. The second-order valence-electron chi connectivity index (χ2n) is 7.68. The van der Waals surface area contributed by atoms with Gasteiger partial charge >= 0.3 is 0 Å². The number of carbonyl (C=O) groups excluding carboxylic acids is 1. The van der Waals surface area contributed by atoms with Gasteiger partial charge < -0.3 is 4.90 Å². The van der Waals surface area contributed by atoms with Crippen molar-refractivity contribution < 1.29 is 4.79 Å². The topological polar surface area (TPSA) is 36.4 Å². The Kier molecular flexibility index (Phi) is 5.92. The predicted molar refractivity (Wildman–Crippen MR) is 105 cm³/mol. The number of amides is 1. The van der Waals surface area contributed by atoms with Crippen LogP contribution in [0.2, 0.25) is 0 Å². The molecule has 0 aliphatic carbocycles. The summed E-state index contributed by atoms with van der Waals surface area (Å²) in [4.78, 5) is 21.6. The summed E-state index contributed by atoms with van der Waals surface area (Å²) in [5.41, 5.74) is 2.55. The molecule has 3 rings (SSSR count). The van der Waals surface area contributed by atoms with Gasteiger partial charge in [-0.1, -0.05) is 20.8 Å². The molecule has 4 nitrogen and oxygen atoms in total. The molecule has 1 aliphatic heterocycles. The Labute approximate surface area is 158 Å². The highest BCUT2D eigenvalue weighted by Gasteiger charge is 2.23. The quantitative estimate of drug-likeness (QED) is 0.796. The smallest absolute Gasteiger partial charge is 0.222 e. The molecule has 0 radical (unpaired) electrons. The second-order valence-corrected chi connectivity index (χ2v) is 9.32. The molecular weight excluding hydrogens is 350 g/mol. The van der Waals surface area contributed by atoms with Crippen molar-refractivity contribution in [3.8, 4) is 0 Å². The van der Waals surface area contributed by atoms with E-state index in [0.29, 0.717) is 6.42 Å². The zero-order chi connectivity index (χ0) is 17.9. The minimum Gasteiger partial charge on any atom is -0.340 e. The van der Waals surface area contributed by atoms with Gasteiger partial charge in [0.1, 0.15) is 0 Å². The van der Waals surface area contributed by atoms with E-state index >= 15 is 0 Å². The van der Waals surface area contributed by atoms with Crippen molar-refractivity contribution in [2.24, 2.45) is 0 Å². The van der Waals surface area contributed by atoms with Crippen molar-refractivity contribution in [1.82, 2.24) is 14.8 Å². The molecule has 3 heterocycles. The van der Waals surface area contributed by atoms with Crippen molar-refractivity contribution in [2.45, 2.75) is 45.6 Å². The van der Waals surface area contributed by atoms with Crippen LogP contribution in [0, 0.1) is 0 Å². The van der Waals surface area contributed by atoms with Crippen LogP contribution in [-0.4, -0.2) is 46.9 Å². The Bertz CT molecular complexity index is 680. The molecule has 0 N–H and O–H groups in total. The first-order valence-electron chi connectivity index (χ1n) is 8.88. The molecule has 0 unspecified atom stereocenters. The molecule has 2 aromatic heterocycles. The summed E-state index contributed by atoms with van der Waals surface area (Å²) in [6.07, 6.45) is 1.48. The van der Waals surface area contributed by atoms with Crippen LogP contribution in [0.4, 0.5) is 0 Å². The lowest BCUT2D eigenvalue weighted by Crippen LogP contribution is -2.48. The Morgan fingerprint density at radius 1 is 1.20 bits per heavy atom. The van der Waals surface area contributed by atoms with Gasteiger partial charge in [-0.2, -0.15) is 11.3 Å². The summed E-state index contributed by atoms with van der Waals surface area (Å²) in [6, 6.07) is 2.11. The van der Waals surface area contributed by atoms with Crippen molar-refractivity contribution in [1.29, 1.82) is 0 Å². The average molecular weight is 378 g/mol. The fourth-order valence-electron chi connectivity index (χ4n) is 2.95. The Morgan fingerprint density at radius 3 is 2.56 bits per heavy atom. The fraction of sp³-hybridized carbons (Fsp3) is 0.579. The lowest BCUT2D eigenvalue weighted by Gasteiger charge is -2.34. The highest BCUT2D eigenvalue weighted by Crippen LogP contribution is 2.26. The minimum atomic E-state index is 0.122. The van der Waals surface area contributed by atoms with Crippen LogP contribution in [0.5, 0.6) is 0 Å². The maximum atomic E-state index is 12.4. The molecule has 25 heavy (non-hydrogen) atoms. The summed E-state index contributed by atoms with van der Waals surface area (Å²) in [6.45, 7) is 11.0. The van der Waals surface area contributed by atoms with Gasteiger partial charge in [-0.15, -0.1) is 11.3 Å². The number of aryl methyl sites for hydroxylation is 1. The first kappa shape index (κ1) is 18.5. The molecule has 0 spiro atoms. The Hall–Kier alpha value is -1.24. The summed E-state index contributed by atoms with van der Waals surface area (Å²) in [7, 11) is 0. The van der Waals surface area contributed by atoms with Crippen molar-refractivity contribution in [3.05, 3.63) is 38.5 Å². The summed E-state index contributed by atoms with van der Waals surface area (Å²) < 4.78 is 0. The molecule has 1 amide bonds. The van der Waals surface area contributed by atoms with E-state index < -0.39 is 0 Å². The van der Waals surface area contributed by atoms with Crippen molar-refractivity contribution >= 4 is 28.6 Å². The zero-order valence-corrected chi connectivity index (χ0v) is 17.0. The van der Waals surface area contributed by atoms with Crippen LogP contribution < -0.4 is 0 Å².